The first-order valence-corrected chi connectivity index (χ1v) is 10.4. The average Bonchev–Trinajstić information content (AvgIpc) is 2.50. The molecule has 0 aliphatic heterocycles. The molecule has 0 spiro atoms. The van der Waals surface area contributed by atoms with Crippen molar-refractivity contribution in [2.45, 2.75) is 67.2 Å². The number of hydrogen-bond acceptors (Lipinski definition) is 6. The zero-order chi connectivity index (χ0) is 19.5. The van der Waals surface area contributed by atoms with Crippen molar-refractivity contribution in [1.29, 1.82) is 0 Å². The molecule has 0 aliphatic rings. The molecule has 26 heavy (non-hydrogen) atoms. The number of halogens is 1. The lowest BCUT2D eigenvalue weighted by Gasteiger charge is -2.20. The summed E-state index contributed by atoms with van der Waals surface area (Å²) in [4.78, 5) is 23.1. The molecule has 1 heterocycles. The van der Waals surface area contributed by atoms with Crippen LogP contribution in [0.4, 0.5) is 0 Å². The van der Waals surface area contributed by atoms with Gasteiger partial charge in [0, 0.05) is 10.1 Å². The van der Waals surface area contributed by atoms with Crippen LogP contribution in [0.15, 0.2) is 39.1 Å². The molecule has 4 nitrogen and oxygen atoms in total. The van der Waals surface area contributed by atoms with Crippen LogP contribution in [0.3, 0.4) is 0 Å². The van der Waals surface area contributed by atoms with Crippen molar-refractivity contribution >= 4 is 41.1 Å². The molecular weight excluding hydrogens is 388 g/mol. The molecule has 2 aromatic rings. The number of carbonyl (C=O) groups excluding carboxylic acids is 1. The summed E-state index contributed by atoms with van der Waals surface area (Å²) >= 11 is 9.40. The monoisotopic (exact) mass is 410 g/mol. The van der Waals surface area contributed by atoms with E-state index in [0.717, 1.165) is 20.5 Å². The van der Waals surface area contributed by atoms with E-state index in [0.29, 0.717) is 10.3 Å². The van der Waals surface area contributed by atoms with Crippen LogP contribution in [-0.2, 0) is 4.74 Å². The van der Waals surface area contributed by atoms with E-state index >= 15 is 0 Å². The number of aryl methyl sites for hydroxylation is 1. The van der Waals surface area contributed by atoms with Crippen LogP contribution in [-0.4, -0.2) is 26.8 Å². The minimum Gasteiger partial charge on any atom is -0.454 e. The van der Waals surface area contributed by atoms with E-state index in [1.165, 1.54) is 11.8 Å². The average molecular weight is 411 g/mol. The Labute approximate surface area is 168 Å². The van der Waals surface area contributed by atoms with Gasteiger partial charge < -0.3 is 4.74 Å². The zero-order valence-electron chi connectivity index (χ0n) is 15.8. The van der Waals surface area contributed by atoms with Crippen molar-refractivity contribution < 1.29 is 9.53 Å². The number of benzene rings is 1. The Hall–Kier alpha value is -1.24. The van der Waals surface area contributed by atoms with E-state index in [1.54, 1.807) is 11.8 Å². The topological polar surface area (TPSA) is 52.1 Å². The summed E-state index contributed by atoms with van der Waals surface area (Å²) < 4.78 is 5.41. The summed E-state index contributed by atoms with van der Waals surface area (Å²) in [5, 5.41) is 1.74. The quantitative estimate of drug-likeness (QED) is 0.340. The fourth-order valence-electron chi connectivity index (χ4n) is 2.01. The smallest absolute Gasteiger partial charge is 0.376 e. The normalized spacial score (nSPS) is 11.7. The van der Waals surface area contributed by atoms with Gasteiger partial charge in [-0.05, 0) is 39.8 Å². The van der Waals surface area contributed by atoms with Gasteiger partial charge in [-0.1, -0.05) is 49.3 Å². The summed E-state index contributed by atoms with van der Waals surface area (Å²) in [5.74, 6) is -0.426. The van der Waals surface area contributed by atoms with Crippen molar-refractivity contribution in [2.75, 3.05) is 0 Å². The van der Waals surface area contributed by atoms with Crippen molar-refractivity contribution in [3.05, 3.63) is 40.8 Å². The molecule has 0 unspecified atom stereocenters. The lowest BCUT2D eigenvalue weighted by molar-refractivity contribution is 0.00539. The van der Waals surface area contributed by atoms with Gasteiger partial charge in [-0.3, -0.25) is 0 Å². The molecule has 0 saturated heterocycles. The zero-order valence-corrected chi connectivity index (χ0v) is 18.2. The van der Waals surface area contributed by atoms with Crippen LogP contribution in [0.5, 0.6) is 0 Å². The first-order valence-electron chi connectivity index (χ1n) is 8.28. The van der Waals surface area contributed by atoms with Gasteiger partial charge in [0.15, 0.2) is 0 Å². The van der Waals surface area contributed by atoms with Gasteiger partial charge in [0.2, 0.25) is 5.82 Å². The molecule has 0 amide bonds. The summed E-state index contributed by atoms with van der Waals surface area (Å²) in [5.41, 5.74) is 0.138. The maximum atomic E-state index is 12.4. The van der Waals surface area contributed by atoms with Crippen LogP contribution in [0.25, 0.3) is 0 Å². The maximum Gasteiger partial charge on any atom is 0.376 e. The molecule has 0 N–H and O–H groups in total. The van der Waals surface area contributed by atoms with Gasteiger partial charge in [0.1, 0.15) is 10.6 Å². The molecule has 0 bridgehead atoms. The van der Waals surface area contributed by atoms with E-state index in [4.69, 9.17) is 16.3 Å². The van der Waals surface area contributed by atoms with Gasteiger partial charge >= 0.3 is 5.97 Å². The highest BCUT2D eigenvalue weighted by atomic mass is 35.5. The number of carbonyl (C=O) groups is 1. The Morgan fingerprint density at radius 3 is 2.42 bits per heavy atom. The lowest BCUT2D eigenvalue weighted by Crippen LogP contribution is -2.25. The Kier molecular flexibility index (Phi) is 6.99. The van der Waals surface area contributed by atoms with Crippen molar-refractivity contribution in [1.82, 2.24) is 9.97 Å². The number of rotatable bonds is 5. The molecule has 7 heteroatoms. The minimum atomic E-state index is -0.593. The van der Waals surface area contributed by atoms with Crippen molar-refractivity contribution in [3.63, 3.8) is 0 Å². The van der Waals surface area contributed by atoms with Gasteiger partial charge in [-0.25, -0.2) is 14.8 Å². The predicted octanol–water partition coefficient (Wildman–Crippen LogP) is 6.05. The number of aromatic nitrogens is 2. The van der Waals surface area contributed by atoms with Crippen molar-refractivity contribution in [2.24, 2.45) is 0 Å². The first-order chi connectivity index (χ1) is 12.1. The fourth-order valence-corrected chi connectivity index (χ4v) is 4.23. The molecule has 0 radical (unpaired) electrons. The van der Waals surface area contributed by atoms with Crippen LogP contribution < -0.4 is 0 Å². The Balaban J connectivity index is 2.44. The van der Waals surface area contributed by atoms with E-state index < -0.39 is 11.6 Å². The maximum absolute atomic E-state index is 12.4. The highest BCUT2D eigenvalue weighted by Gasteiger charge is 2.24. The second-order valence-corrected chi connectivity index (χ2v) is 9.99. The SMILES string of the molecule is Cc1nc(C(=O)OC(C)(C)C)nc(SC(C)C)c1Sc1ccccc1Cl. The first kappa shape index (κ1) is 21.1. The molecule has 0 saturated carbocycles. The molecule has 2 rings (SSSR count). The Morgan fingerprint density at radius 2 is 1.85 bits per heavy atom. The van der Waals surface area contributed by atoms with Crippen LogP contribution in [0.1, 0.15) is 50.9 Å². The highest BCUT2D eigenvalue weighted by Crippen LogP contribution is 2.40. The summed E-state index contributed by atoms with van der Waals surface area (Å²) in [6.07, 6.45) is 0. The largest absolute Gasteiger partial charge is 0.454 e. The molecule has 0 aliphatic carbocycles. The molecule has 140 valence electrons. The summed E-state index contributed by atoms with van der Waals surface area (Å²) in [7, 11) is 0. The third-order valence-electron chi connectivity index (χ3n) is 2.98. The number of thioether (sulfide) groups is 1. The number of hydrogen-bond donors (Lipinski definition) is 0. The Bertz CT molecular complexity index is 805. The van der Waals surface area contributed by atoms with Crippen LogP contribution in [0.2, 0.25) is 5.02 Å². The van der Waals surface area contributed by atoms with Gasteiger partial charge in [0.05, 0.1) is 15.6 Å². The van der Waals surface area contributed by atoms with E-state index in [2.05, 4.69) is 23.8 Å². The third-order valence-corrected chi connectivity index (χ3v) is 5.81. The van der Waals surface area contributed by atoms with E-state index in [1.807, 2.05) is 52.0 Å². The van der Waals surface area contributed by atoms with E-state index in [-0.39, 0.29) is 5.82 Å². The molecule has 1 aromatic heterocycles. The molecule has 0 fully saturated rings. The van der Waals surface area contributed by atoms with E-state index in [9.17, 15) is 4.79 Å². The van der Waals surface area contributed by atoms with Crippen molar-refractivity contribution in [3.8, 4) is 0 Å². The molecule has 1 aromatic carbocycles. The van der Waals surface area contributed by atoms with Gasteiger partial charge in [0.25, 0.3) is 0 Å². The third kappa shape index (κ3) is 5.89. The summed E-state index contributed by atoms with van der Waals surface area (Å²) in [6, 6.07) is 7.64. The molecular formula is C19H23ClN2O2S2. The van der Waals surface area contributed by atoms with Gasteiger partial charge in [-0.15, -0.1) is 11.8 Å². The second kappa shape index (κ2) is 8.63. The number of esters is 1. The Morgan fingerprint density at radius 1 is 1.19 bits per heavy atom. The highest BCUT2D eigenvalue weighted by molar-refractivity contribution is 8.02. The fraction of sp³-hybridized carbons (Fsp3) is 0.421. The van der Waals surface area contributed by atoms with Crippen LogP contribution >= 0.6 is 35.1 Å². The lowest BCUT2D eigenvalue weighted by atomic mass is 10.2. The minimum absolute atomic E-state index is 0.0871. The molecule has 0 atom stereocenters. The van der Waals surface area contributed by atoms with Crippen LogP contribution in [0, 0.1) is 6.92 Å². The predicted molar refractivity (Wildman–Crippen MR) is 109 cm³/mol. The number of ether oxygens (including phenoxy) is 1. The number of nitrogens with zero attached hydrogens (tertiary/aromatic N) is 2. The standard InChI is InChI=1S/C19H23ClN2O2S2/c1-11(2)25-17-15(26-14-10-8-7-9-13(14)20)12(3)21-16(22-17)18(23)24-19(4,5)6/h7-11H,1-6H3. The van der Waals surface area contributed by atoms with Gasteiger partial charge in [-0.2, -0.15) is 0 Å². The second-order valence-electron chi connectivity index (χ2n) is 6.97. The summed E-state index contributed by atoms with van der Waals surface area (Å²) in [6.45, 7) is 11.5.